The average Bonchev–Trinajstić information content (AvgIpc) is 3.33. The predicted octanol–water partition coefficient (Wildman–Crippen LogP) is 6.49. The minimum Gasteiger partial charge on any atom is -0.340 e. The summed E-state index contributed by atoms with van der Waals surface area (Å²) in [5, 5.41) is 6.61. The number of nitrogens with one attached hydrogen (secondary N) is 2. The van der Waals surface area contributed by atoms with E-state index in [0.29, 0.717) is 22.5 Å². The Kier molecular flexibility index (Phi) is 6.23. The Labute approximate surface area is 218 Å². The molecule has 3 heterocycles. The third-order valence-corrected chi connectivity index (χ3v) is 7.27. The molecular formula is C25H16Cl2F2N4O2S. The van der Waals surface area contributed by atoms with Crippen LogP contribution in [0.2, 0.25) is 10.0 Å². The lowest BCUT2D eigenvalue weighted by Crippen LogP contribution is -2.21. The minimum absolute atomic E-state index is 0.0189. The van der Waals surface area contributed by atoms with Crippen LogP contribution in [-0.4, -0.2) is 21.8 Å². The van der Waals surface area contributed by atoms with E-state index in [4.69, 9.17) is 23.2 Å². The van der Waals surface area contributed by atoms with Crippen LogP contribution in [0.15, 0.2) is 42.5 Å². The molecule has 0 saturated heterocycles. The smallest absolute Gasteiger partial charge is 0.271 e. The summed E-state index contributed by atoms with van der Waals surface area (Å²) in [5.41, 5.74) is 2.01. The van der Waals surface area contributed by atoms with Gasteiger partial charge in [-0.3, -0.25) is 9.59 Å². The van der Waals surface area contributed by atoms with E-state index in [2.05, 4.69) is 20.6 Å². The third kappa shape index (κ3) is 4.45. The van der Waals surface area contributed by atoms with E-state index in [-0.39, 0.29) is 27.0 Å². The fourth-order valence-corrected chi connectivity index (χ4v) is 5.46. The van der Waals surface area contributed by atoms with Crippen LogP contribution in [-0.2, 0) is 0 Å². The van der Waals surface area contributed by atoms with Gasteiger partial charge in [0.15, 0.2) is 0 Å². The number of nitrogens with zero attached hydrogens (tertiary/aromatic N) is 2. The second-order valence-electron chi connectivity index (χ2n) is 8.15. The fraction of sp³-hybridized carbons (Fsp3) is 0.120. The standard InChI is InChI=1S/C25H16Cl2F2N4O2S/c1-10-23(36-11(2)30-10)19-9-18(32-24(34)12-5-13(26)7-15(29)6-12)20-21(33-25(35)22(20)31-19)16-8-14(28)3-4-17(16)27/h3-9,21H,1-2H3,(H,33,35)(H,31,32,34). The van der Waals surface area contributed by atoms with Crippen molar-refractivity contribution in [2.45, 2.75) is 19.9 Å². The highest BCUT2D eigenvalue weighted by molar-refractivity contribution is 7.15. The number of benzene rings is 2. The summed E-state index contributed by atoms with van der Waals surface area (Å²) in [6.07, 6.45) is 0. The van der Waals surface area contributed by atoms with Gasteiger partial charge >= 0.3 is 0 Å². The molecule has 36 heavy (non-hydrogen) atoms. The van der Waals surface area contributed by atoms with Gasteiger partial charge in [-0.1, -0.05) is 23.2 Å². The third-order valence-electron chi connectivity index (χ3n) is 5.62. The summed E-state index contributed by atoms with van der Waals surface area (Å²) in [7, 11) is 0. The number of pyridine rings is 1. The summed E-state index contributed by atoms with van der Waals surface area (Å²) in [4.78, 5) is 35.8. The van der Waals surface area contributed by atoms with Crippen LogP contribution in [0.25, 0.3) is 10.6 Å². The van der Waals surface area contributed by atoms with Crippen molar-refractivity contribution in [1.29, 1.82) is 0 Å². The van der Waals surface area contributed by atoms with E-state index in [1.54, 1.807) is 6.07 Å². The van der Waals surface area contributed by atoms with Crippen molar-refractivity contribution in [3.05, 3.63) is 97.2 Å². The zero-order chi connectivity index (χ0) is 25.7. The van der Waals surface area contributed by atoms with E-state index in [1.807, 2.05) is 13.8 Å². The zero-order valence-corrected chi connectivity index (χ0v) is 21.1. The summed E-state index contributed by atoms with van der Waals surface area (Å²) >= 11 is 13.7. The molecule has 182 valence electrons. The number of carbonyl (C=O) groups is 2. The average molecular weight is 545 g/mol. The number of anilines is 1. The molecule has 0 saturated carbocycles. The van der Waals surface area contributed by atoms with Gasteiger partial charge in [-0.2, -0.15) is 0 Å². The van der Waals surface area contributed by atoms with E-state index >= 15 is 0 Å². The molecule has 0 radical (unpaired) electrons. The van der Waals surface area contributed by atoms with Gasteiger partial charge in [-0.25, -0.2) is 18.7 Å². The molecule has 2 amide bonds. The van der Waals surface area contributed by atoms with Gasteiger partial charge in [0.05, 0.1) is 33.0 Å². The van der Waals surface area contributed by atoms with Crippen molar-refractivity contribution in [2.24, 2.45) is 0 Å². The van der Waals surface area contributed by atoms with E-state index in [9.17, 15) is 18.4 Å². The molecule has 0 spiro atoms. The van der Waals surface area contributed by atoms with Crippen molar-refractivity contribution < 1.29 is 18.4 Å². The largest absolute Gasteiger partial charge is 0.340 e. The number of hydrogen-bond donors (Lipinski definition) is 2. The van der Waals surface area contributed by atoms with Crippen LogP contribution >= 0.6 is 34.5 Å². The number of fused-ring (bicyclic) bond motifs is 1. The number of amides is 2. The Hall–Kier alpha value is -3.40. The Morgan fingerprint density at radius 1 is 1.06 bits per heavy atom. The topological polar surface area (TPSA) is 84.0 Å². The van der Waals surface area contributed by atoms with Crippen LogP contribution in [0.3, 0.4) is 0 Å². The van der Waals surface area contributed by atoms with Crippen molar-refractivity contribution in [3.63, 3.8) is 0 Å². The summed E-state index contributed by atoms with van der Waals surface area (Å²) in [5.74, 6) is -2.39. The first-order chi connectivity index (χ1) is 17.1. The van der Waals surface area contributed by atoms with Gasteiger partial charge in [-0.15, -0.1) is 11.3 Å². The number of hydrogen-bond acceptors (Lipinski definition) is 5. The quantitative estimate of drug-likeness (QED) is 0.307. The Bertz CT molecular complexity index is 1550. The molecule has 0 aliphatic carbocycles. The Morgan fingerprint density at radius 2 is 1.83 bits per heavy atom. The molecule has 2 N–H and O–H groups in total. The van der Waals surface area contributed by atoms with Gasteiger partial charge < -0.3 is 10.6 Å². The molecular weight excluding hydrogens is 529 g/mol. The monoisotopic (exact) mass is 544 g/mol. The van der Waals surface area contributed by atoms with Crippen LogP contribution in [0.5, 0.6) is 0 Å². The summed E-state index contributed by atoms with van der Waals surface area (Å²) < 4.78 is 28.0. The molecule has 6 nitrogen and oxygen atoms in total. The Morgan fingerprint density at radius 3 is 2.53 bits per heavy atom. The van der Waals surface area contributed by atoms with Crippen molar-refractivity contribution in [1.82, 2.24) is 15.3 Å². The maximum Gasteiger partial charge on any atom is 0.271 e. The number of aromatic nitrogens is 2. The maximum atomic E-state index is 14.1. The highest BCUT2D eigenvalue weighted by Crippen LogP contribution is 2.41. The van der Waals surface area contributed by atoms with Gasteiger partial charge in [0.1, 0.15) is 17.3 Å². The highest BCUT2D eigenvalue weighted by atomic mass is 35.5. The predicted molar refractivity (Wildman–Crippen MR) is 135 cm³/mol. The van der Waals surface area contributed by atoms with E-state index < -0.39 is 29.5 Å². The lowest BCUT2D eigenvalue weighted by molar-refractivity contribution is 0.0955. The minimum atomic E-state index is -0.882. The highest BCUT2D eigenvalue weighted by Gasteiger charge is 2.36. The first kappa shape index (κ1) is 24.3. The maximum absolute atomic E-state index is 14.1. The van der Waals surface area contributed by atoms with Crippen LogP contribution in [0.4, 0.5) is 14.5 Å². The first-order valence-electron chi connectivity index (χ1n) is 10.6. The molecule has 1 unspecified atom stereocenters. The SMILES string of the molecule is Cc1nc(C)c(-c2cc(NC(=O)c3cc(F)cc(Cl)c3)c3c(n2)C(=O)NC3c2cc(F)ccc2Cl)s1. The van der Waals surface area contributed by atoms with Crippen molar-refractivity contribution in [3.8, 4) is 10.6 Å². The van der Waals surface area contributed by atoms with Gasteiger partial charge in [0.25, 0.3) is 11.8 Å². The number of thiazole rings is 1. The fourth-order valence-electron chi connectivity index (χ4n) is 4.13. The molecule has 11 heteroatoms. The lowest BCUT2D eigenvalue weighted by atomic mass is 9.97. The van der Waals surface area contributed by atoms with Crippen LogP contribution in [0, 0.1) is 25.5 Å². The van der Waals surface area contributed by atoms with E-state index in [1.165, 1.54) is 35.6 Å². The number of aryl methyl sites for hydroxylation is 2. The second kappa shape index (κ2) is 9.24. The molecule has 1 aliphatic heterocycles. The lowest BCUT2D eigenvalue weighted by Gasteiger charge is -2.18. The number of halogens is 4. The summed E-state index contributed by atoms with van der Waals surface area (Å²) in [6.45, 7) is 3.66. The molecule has 0 bridgehead atoms. The Balaban J connectivity index is 1.69. The molecule has 5 rings (SSSR count). The van der Waals surface area contributed by atoms with Crippen molar-refractivity contribution >= 4 is 52.0 Å². The number of rotatable bonds is 4. The van der Waals surface area contributed by atoms with Crippen LogP contribution < -0.4 is 10.6 Å². The molecule has 4 aromatic rings. The molecule has 1 aliphatic rings. The molecule has 2 aromatic heterocycles. The molecule has 1 atom stereocenters. The van der Waals surface area contributed by atoms with E-state index in [0.717, 1.165) is 22.0 Å². The molecule has 2 aromatic carbocycles. The normalized spacial score (nSPS) is 14.5. The van der Waals surface area contributed by atoms with Crippen molar-refractivity contribution in [2.75, 3.05) is 5.32 Å². The first-order valence-corrected chi connectivity index (χ1v) is 12.2. The summed E-state index contributed by atoms with van der Waals surface area (Å²) in [6, 6.07) is 7.98. The van der Waals surface area contributed by atoms with Gasteiger partial charge in [-0.05, 0) is 56.3 Å². The van der Waals surface area contributed by atoms with Gasteiger partial charge in [0.2, 0.25) is 0 Å². The van der Waals surface area contributed by atoms with Gasteiger partial charge in [0, 0.05) is 26.7 Å². The zero-order valence-electron chi connectivity index (χ0n) is 18.7. The van der Waals surface area contributed by atoms with Crippen LogP contribution in [0.1, 0.15) is 48.7 Å². The number of carbonyl (C=O) groups excluding carboxylic acids is 2. The second-order valence-corrected chi connectivity index (χ2v) is 10.2. The molecule has 0 fully saturated rings.